The molecule has 1 aliphatic carbocycles. The molecule has 0 saturated carbocycles. The van der Waals surface area contributed by atoms with Gasteiger partial charge < -0.3 is 4.74 Å². The van der Waals surface area contributed by atoms with Crippen LogP contribution in [-0.4, -0.2) is 19.5 Å². The third kappa shape index (κ3) is 2.10. The summed E-state index contributed by atoms with van der Waals surface area (Å²) in [7, 11) is 1.65. The molecule has 0 N–H and O–H groups in total. The van der Waals surface area contributed by atoms with Crippen LogP contribution in [0.2, 0.25) is 0 Å². The minimum atomic E-state index is -0.0475. The number of carbonyl (C=O) groups excluding carboxylic acids is 1. The molecule has 80 valence electrons. The van der Waals surface area contributed by atoms with Gasteiger partial charge >= 0.3 is 0 Å². The molecule has 0 spiro atoms. The third-order valence-electron chi connectivity index (χ3n) is 3.02. The summed E-state index contributed by atoms with van der Waals surface area (Å²) in [5, 5.41) is 0. The fraction of sp³-hybridized carbons (Fsp3) is 0.462. The number of benzene rings is 1. The molecular weight excluding hydrogens is 188 g/mol. The lowest BCUT2D eigenvalue weighted by Gasteiger charge is -2.15. The van der Waals surface area contributed by atoms with Crippen LogP contribution in [0.1, 0.15) is 29.9 Å². The Bertz CT molecular complexity index is 357. The Kier molecular flexibility index (Phi) is 3.17. The molecule has 2 rings (SSSR count). The SMILES string of the molecule is COCC1C(=O)CCCc2ccccc21. The lowest BCUT2D eigenvalue weighted by molar-refractivity contribution is -0.121. The van der Waals surface area contributed by atoms with E-state index >= 15 is 0 Å². The zero-order valence-corrected chi connectivity index (χ0v) is 9.03. The molecule has 0 aliphatic heterocycles. The quantitative estimate of drug-likeness (QED) is 0.691. The largest absolute Gasteiger partial charge is 0.384 e. The van der Waals surface area contributed by atoms with E-state index in [0.717, 1.165) is 12.8 Å². The van der Waals surface area contributed by atoms with Crippen molar-refractivity contribution >= 4 is 5.78 Å². The summed E-state index contributed by atoms with van der Waals surface area (Å²) >= 11 is 0. The molecular formula is C13H16O2. The predicted molar refractivity (Wildman–Crippen MR) is 59.0 cm³/mol. The Morgan fingerprint density at radius 1 is 1.33 bits per heavy atom. The molecule has 0 aromatic heterocycles. The summed E-state index contributed by atoms with van der Waals surface area (Å²) in [4.78, 5) is 11.9. The van der Waals surface area contributed by atoms with Gasteiger partial charge in [-0.05, 0) is 24.0 Å². The zero-order valence-electron chi connectivity index (χ0n) is 9.03. The van der Waals surface area contributed by atoms with E-state index in [2.05, 4.69) is 12.1 Å². The number of ether oxygens (including phenoxy) is 1. The van der Waals surface area contributed by atoms with Crippen molar-refractivity contribution in [2.45, 2.75) is 25.2 Å². The first kappa shape index (κ1) is 10.4. The monoisotopic (exact) mass is 204 g/mol. The fourth-order valence-corrected chi connectivity index (χ4v) is 2.25. The smallest absolute Gasteiger partial charge is 0.142 e. The molecule has 0 bridgehead atoms. The number of methoxy groups -OCH3 is 1. The van der Waals surface area contributed by atoms with Crippen LogP contribution in [0.5, 0.6) is 0 Å². The van der Waals surface area contributed by atoms with Crippen LogP contribution in [-0.2, 0) is 16.0 Å². The Labute approximate surface area is 90.3 Å². The van der Waals surface area contributed by atoms with Gasteiger partial charge in [-0.3, -0.25) is 4.79 Å². The fourth-order valence-electron chi connectivity index (χ4n) is 2.25. The van der Waals surface area contributed by atoms with E-state index in [0.29, 0.717) is 18.8 Å². The van der Waals surface area contributed by atoms with E-state index in [1.807, 2.05) is 12.1 Å². The normalized spacial score (nSPS) is 20.9. The van der Waals surface area contributed by atoms with Crippen LogP contribution >= 0.6 is 0 Å². The molecule has 1 aliphatic rings. The molecule has 15 heavy (non-hydrogen) atoms. The van der Waals surface area contributed by atoms with Crippen LogP contribution in [0.3, 0.4) is 0 Å². The molecule has 0 saturated heterocycles. The zero-order chi connectivity index (χ0) is 10.7. The van der Waals surface area contributed by atoms with Gasteiger partial charge in [-0.2, -0.15) is 0 Å². The van der Waals surface area contributed by atoms with E-state index in [-0.39, 0.29) is 5.92 Å². The maximum absolute atomic E-state index is 11.9. The molecule has 2 nitrogen and oxygen atoms in total. The predicted octanol–water partition coefficient (Wildman–Crippen LogP) is 2.32. The van der Waals surface area contributed by atoms with E-state index in [1.165, 1.54) is 11.1 Å². The minimum Gasteiger partial charge on any atom is -0.384 e. The molecule has 1 aromatic carbocycles. The average Bonchev–Trinajstić information content (AvgIpc) is 2.40. The van der Waals surface area contributed by atoms with Gasteiger partial charge in [0.1, 0.15) is 5.78 Å². The highest BCUT2D eigenvalue weighted by atomic mass is 16.5. The molecule has 2 heteroatoms. The van der Waals surface area contributed by atoms with Gasteiger partial charge in [-0.25, -0.2) is 0 Å². The molecule has 0 heterocycles. The van der Waals surface area contributed by atoms with Crippen LogP contribution < -0.4 is 0 Å². The Morgan fingerprint density at radius 3 is 2.93 bits per heavy atom. The Morgan fingerprint density at radius 2 is 2.13 bits per heavy atom. The lowest BCUT2D eigenvalue weighted by atomic mass is 9.92. The van der Waals surface area contributed by atoms with Crippen molar-refractivity contribution in [3.8, 4) is 0 Å². The third-order valence-corrected chi connectivity index (χ3v) is 3.02. The molecule has 0 fully saturated rings. The summed E-state index contributed by atoms with van der Waals surface area (Å²) in [5.41, 5.74) is 2.48. The second kappa shape index (κ2) is 4.58. The number of Topliss-reactive ketones (excluding diaryl/α,β-unsaturated/α-hetero) is 1. The lowest BCUT2D eigenvalue weighted by Crippen LogP contribution is -2.16. The molecule has 1 aromatic rings. The van der Waals surface area contributed by atoms with Crippen LogP contribution in [0.15, 0.2) is 24.3 Å². The van der Waals surface area contributed by atoms with E-state index in [1.54, 1.807) is 7.11 Å². The van der Waals surface area contributed by atoms with Crippen LogP contribution in [0.4, 0.5) is 0 Å². The first-order valence-corrected chi connectivity index (χ1v) is 5.42. The summed E-state index contributed by atoms with van der Waals surface area (Å²) in [6, 6.07) is 8.22. The number of hydrogen-bond donors (Lipinski definition) is 0. The molecule has 1 atom stereocenters. The molecule has 0 amide bonds. The number of fused-ring (bicyclic) bond motifs is 1. The van der Waals surface area contributed by atoms with Gasteiger partial charge in [0.15, 0.2) is 0 Å². The van der Waals surface area contributed by atoms with Gasteiger partial charge in [-0.15, -0.1) is 0 Å². The summed E-state index contributed by atoms with van der Waals surface area (Å²) < 4.78 is 5.14. The van der Waals surface area contributed by atoms with Gasteiger partial charge in [0.25, 0.3) is 0 Å². The number of aryl methyl sites for hydroxylation is 1. The number of ketones is 1. The Balaban J connectivity index is 2.38. The van der Waals surface area contributed by atoms with Gasteiger partial charge in [0.2, 0.25) is 0 Å². The summed E-state index contributed by atoms with van der Waals surface area (Å²) in [6.45, 7) is 0.510. The standard InChI is InChI=1S/C13H16O2/c1-15-9-12-11-7-3-2-5-10(11)6-4-8-13(12)14/h2-3,5,7,12H,4,6,8-9H2,1H3. The number of carbonyl (C=O) groups is 1. The number of hydrogen-bond acceptors (Lipinski definition) is 2. The topological polar surface area (TPSA) is 26.3 Å². The van der Waals surface area contributed by atoms with Crippen molar-refractivity contribution < 1.29 is 9.53 Å². The first-order valence-electron chi connectivity index (χ1n) is 5.42. The van der Waals surface area contributed by atoms with Crippen LogP contribution in [0.25, 0.3) is 0 Å². The second-order valence-corrected chi connectivity index (χ2v) is 4.03. The molecule has 1 unspecified atom stereocenters. The van der Waals surface area contributed by atoms with Crippen molar-refractivity contribution in [2.24, 2.45) is 0 Å². The van der Waals surface area contributed by atoms with Gasteiger partial charge in [0, 0.05) is 13.5 Å². The second-order valence-electron chi connectivity index (χ2n) is 4.03. The van der Waals surface area contributed by atoms with Gasteiger partial charge in [0.05, 0.1) is 12.5 Å². The Hall–Kier alpha value is -1.15. The first-order chi connectivity index (χ1) is 7.33. The van der Waals surface area contributed by atoms with Crippen LogP contribution in [0, 0.1) is 0 Å². The summed E-state index contributed by atoms with van der Waals surface area (Å²) in [6.07, 6.45) is 2.67. The van der Waals surface area contributed by atoms with Crippen molar-refractivity contribution in [1.82, 2.24) is 0 Å². The maximum atomic E-state index is 11.9. The average molecular weight is 204 g/mol. The van der Waals surface area contributed by atoms with Crippen molar-refractivity contribution in [2.75, 3.05) is 13.7 Å². The number of rotatable bonds is 2. The van der Waals surface area contributed by atoms with Crippen molar-refractivity contribution in [1.29, 1.82) is 0 Å². The van der Waals surface area contributed by atoms with Gasteiger partial charge in [-0.1, -0.05) is 24.3 Å². The van der Waals surface area contributed by atoms with E-state index in [9.17, 15) is 4.79 Å². The van der Waals surface area contributed by atoms with E-state index < -0.39 is 0 Å². The minimum absolute atomic E-state index is 0.0475. The highest BCUT2D eigenvalue weighted by molar-refractivity contribution is 5.86. The molecule has 0 radical (unpaired) electrons. The van der Waals surface area contributed by atoms with Crippen molar-refractivity contribution in [3.05, 3.63) is 35.4 Å². The highest BCUT2D eigenvalue weighted by Crippen LogP contribution is 2.28. The summed E-state index contributed by atoms with van der Waals surface area (Å²) in [5.74, 6) is 0.274. The van der Waals surface area contributed by atoms with Crippen molar-refractivity contribution in [3.63, 3.8) is 0 Å². The highest BCUT2D eigenvalue weighted by Gasteiger charge is 2.24. The maximum Gasteiger partial charge on any atom is 0.142 e. The van der Waals surface area contributed by atoms with E-state index in [4.69, 9.17) is 4.74 Å².